The quantitative estimate of drug-likeness (QED) is 0.262. The minimum absolute atomic E-state index is 0.0823. The second-order valence-corrected chi connectivity index (χ2v) is 8.96. The molecule has 9 nitrogen and oxygen atoms in total. The third-order valence-electron chi connectivity index (χ3n) is 5.46. The van der Waals surface area contributed by atoms with Crippen molar-refractivity contribution in [2.75, 3.05) is 6.61 Å². The van der Waals surface area contributed by atoms with Crippen molar-refractivity contribution in [3.05, 3.63) is 59.7 Å². The van der Waals surface area contributed by atoms with Crippen molar-refractivity contribution in [2.45, 2.75) is 77.9 Å². The van der Waals surface area contributed by atoms with Crippen LogP contribution in [-0.2, 0) is 30.3 Å². The summed E-state index contributed by atoms with van der Waals surface area (Å²) in [4.78, 5) is 49.0. The summed E-state index contributed by atoms with van der Waals surface area (Å²) in [7, 11) is 0. The molecule has 9 heteroatoms. The van der Waals surface area contributed by atoms with Gasteiger partial charge in [-0.25, -0.2) is 4.79 Å². The van der Waals surface area contributed by atoms with E-state index in [0.29, 0.717) is 24.0 Å². The number of hydrogen-bond acceptors (Lipinski definition) is 9. The number of nitrogens with two attached hydrogens (primary N) is 1. The van der Waals surface area contributed by atoms with Crippen LogP contribution < -0.4 is 15.2 Å². The molecule has 0 saturated heterocycles. The van der Waals surface area contributed by atoms with Gasteiger partial charge < -0.3 is 24.7 Å². The highest BCUT2D eigenvalue weighted by atomic mass is 16.6. The molecule has 0 aliphatic rings. The Morgan fingerprint density at radius 3 is 2.05 bits per heavy atom. The largest absolute Gasteiger partial charge is 0.458 e. The lowest BCUT2D eigenvalue weighted by atomic mass is 10.1. The molecule has 0 unspecified atom stereocenters. The Bertz CT molecular complexity index is 1070. The molecular weight excluding hydrogens is 490 g/mol. The number of unbranched alkanes of at least 4 members (excludes halogenated alkanes) is 2. The highest BCUT2D eigenvalue weighted by Gasteiger charge is 2.21. The van der Waals surface area contributed by atoms with Gasteiger partial charge in [0.05, 0.1) is 5.56 Å². The first-order valence-electron chi connectivity index (χ1n) is 13.0. The van der Waals surface area contributed by atoms with Gasteiger partial charge in [0, 0.05) is 12.8 Å². The molecule has 0 aliphatic carbocycles. The van der Waals surface area contributed by atoms with Crippen LogP contribution in [0.15, 0.2) is 48.5 Å². The molecule has 206 valence electrons. The number of carbonyl (C=O) groups is 4. The first-order valence-corrected chi connectivity index (χ1v) is 13.0. The third-order valence-corrected chi connectivity index (χ3v) is 5.46. The fourth-order valence-corrected chi connectivity index (χ4v) is 3.34. The van der Waals surface area contributed by atoms with E-state index in [0.717, 1.165) is 12.8 Å². The second kappa shape index (κ2) is 16.2. The number of esters is 4. The lowest BCUT2D eigenvalue weighted by Crippen LogP contribution is -2.37. The second-order valence-electron chi connectivity index (χ2n) is 8.96. The van der Waals surface area contributed by atoms with E-state index in [9.17, 15) is 19.2 Å². The van der Waals surface area contributed by atoms with E-state index in [2.05, 4.69) is 0 Å². The zero-order valence-corrected chi connectivity index (χ0v) is 22.3. The van der Waals surface area contributed by atoms with Crippen LogP contribution >= 0.6 is 0 Å². The molecular formula is C29H37NO8. The summed E-state index contributed by atoms with van der Waals surface area (Å²) in [6.45, 7) is 5.40. The highest BCUT2D eigenvalue weighted by Crippen LogP contribution is 2.30. The molecule has 2 N–H and O–H groups in total. The van der Waals surface area contributed by atoms with Crippen molar-refractivity contribution < 1.29 is 38.1 Å². The van der Waals surface area contributed by atoms with Crippen LogP contribution in [0.25, 0.3) is 0 Å². The van der Waals surface area contributed by atoms with Crippen molar-refractivity contribution in [1.82, 2.24) is 0 Å². The molecule has 0 aliphatic heterocycles. The molecule has 0 bridgehead atoms. The van der Waals surface area contributed by atoms with Crippen LogP contribution in [0.5, 0.6) is 11.5 Å². The van der Waals surface area contributed by atoms with E-state index in [4.69, 9.17) is 24.7 Å². The van der Waals surface area contributed by atoms with Gasteiger partial charge in [0.25, 0.3) is 0 Å². The van der Waals surface area contributed by atoms with Crippen molar-refractivity contribution in [3.8, 4) is 11.5 Å². The summed E-state index contributed by atoms with van der Waals surface area (Å²) in [6, 6.07) is 12.2. The van der Waals surface area contributed by atoms with E-state index in [1.165, 1.54) is 12.1 Å². The molecule has 2 atom stereocenters. The van der Waals surface area contributed by atoms with Crippen LogP contribution in [0.2, 0.25) is 0 Å². The van der Waals surface area contributed by atoms with Gasteiger partial charge in [0.2, 0.25) is 0 Å². The van der Waals surface area contributed by atoms with Gasteiger partial charge in [-0.15, -0.1) is 0 Å². The normalized spacial score (nSPS) is 12.2. The molecule has 0 fully saturated rings. The molecule has 2 aromatic carbocycles. The van der Waals surface area contributed by atoms with Crippen LogP contribution in [0, 0.1) is 0 Å². The maximum Gasteiger partial charge on any atom is 0.338 e. The monoisotopic (exact) mass is 527 g/mol. The Morgan fingerprint density at radius 2 is 1.45 bits per heavy atom. The Balaban J connectivity index is 1.99. The maximum atomic E-state index is 12.5. The lowest BCUT2D eigenvalue weighted by molar-refractivity contribution is -0.151. The van der Waals surface area contributed by atoms with E-state index in [1.54, 1.807) is 43.3 Å². The Labute approximate surface area is 223 Å². The summed E-state index contributed by atoms with van der Waals surface area (Å²) in [6.07, 6.45) is 2.87. The van der Waals surface area contributed by atoms with Crippen LogP contribution in [-0.4, -0.2) is 42.6 Å². The molecule has 0 radical (unpaired) electrons. The summed E-state index contributed by atoms with van der Waals surface area (Å²) in [5.41, 5.74) is 7.04. The van der Waals surface area contributed by atoms with Gasteiger partial charge in [0.15, 0.2) is 11.5 Å². The van der Waals surface area contributed by atoms with Crippen molar-refractivity contribution >= 4 is 23.9 Å². The number of hydrogen-bond donors (Lipinski definition) is 1. The minimum Gasteiger partial charge on any atom is -0.458 e. The van der Waals surface area contributed by atoms with Crippen LogP contribution in [0.4, 0.5) is 0 Å². The maximum absolute atomic E-state index is 12.5. The lowest BCUT2D eigenvalue weighted by Gasteiger charge is -2.18. The molecule has 0 saturated carbocycles. The third kappa shape index (κ3) is 10.7. The molecule has 0 spiro atoms. The Hall–Kier alpha value is -3.72. The van der Waals surface area contributed by atoms with Crippen molar-refractivity contribution in [2.24, 2.45) is 5.73 Å². The summed E-state index contributed by atoms with van der Waals surface area (Å²) >= 11 is 0. The zero-order valence-electron chi connectivity index (χ0n) is 22.3. The van der Waals surface area contributed by atoms with Gasteiger partial charge in [-0.2, -0.15) is 0 Å². The average molecular weight is 528 g/mol. The number of ether oxygens (including phenoxy) is 4. The standard InChI is InChI=1S/C29H37NO8/c1-4-6-13-26(31)37-24-16-15-21(18-25(24)38-27(32)14-7-5-2)17-23(30)29(34)36-20(3)19-35-28(33)22-11-9-8-10-12-22/h8-12,15-16,18,20,23H,4-7,13-14,17,19,30H2,1-3H3/t20-,23-/m0/s1. The smallest absolute Gasteiger partial charge is 0.338 e. The average Bonchev–Trinajstić information content (AvgIpc) is 2.91. The van der Waals surface area contributed by atoms with Crippen molar-refractivity contribution in [3.63, 3.8) is 0 Å². The molecule has 0 amide bonds. The molecule has 0 aromatic heterocycles. The first-order chi connectivity index (χ1) is 18.2. The molecule has 2 aromatic rings. The van der Waals surface area contributed by atoms with E-state index in [-0.39, 0.29) is 37.4 Å². The van der Waals surface area contributed by atoms with Gasteiger partial charge >= 0.3 is 23.9 Å². The summed E-state index contributed by atoms with van der Waals surface area (Å²) in [5, 5.41) is 0. The van der Waals surface area contributed by atoms with Crippen LogP contribution in [0.3, 0.4) is 0 Å². The van der Waals surface area contributed by atoms with E-state index < -0.39 is 36.0 Å². The van der Waals surface area contributed by atoms with Crippen LogP contribution in [0.1, 0.15) is 75.2 Å². The fraction of sp³-hybridized carbons (Fsp3) is 0.448. The van der Waals surface area contributed by atoms with Gasteiger partial charge in [-0.1, -0.05) is 51.0 Å². The Morgan fingerprint density at radius 1 is 0.842 bits per heavy atom. The summed E-state index contributed by atoms with van der Waals surface area (Å²) in [5.74, 6) is -1.84. The minimum atomic E-state index is -1.02. The summed E-state index contributed by atoms with van der Waals surface area (Å²) < 4.78 is 21.4. The van der Waals surface area contributed by atoms with E-state index >= 15 is 0 Å². The zero-order chi connectivity index (χ0) is 27.9. The van der Waals surface area contributed by atoms with Gasteiger partial charge in [-0.3, -0.25) is 14.4 Å². The number of benzene rings is 2. The number of carbonyl (C=O) groups excluding carboxylic acids is 4. The molecule has 0 heterocycles. The van der Waals surface area contributed by atoms with E-state index in [1.807, 2.05) is 13.8 Å². The van der Waals surface area contributed by atoms with Crippen molar-refractivity contribution in [1.29, 1.82) is 0 Å². The SMILES string of the molecule is CCCCC(=O)Oc1ccc(C[C@H](N)C(=O)O[C@@H](C)COC(=O)c2ccccc2)cc1OC(=O)CCCC. The molecule has 2 rings (SSSR count). The fourth-order valence-electron chi connectivity index (χ4n) is 3.34. The highest BCUT2D eigenvalue weighted by molar-refractivity contribution is 5.89. The first kappa shape index (κ1) is 30.5. The Kier molecular flexibility index (Phi) is 13.0. The topological polar surface area (TPSA) is 131 Å². The molecule has 38 heavy (non-hydrogen) atoms. The predicted octanol–water partition coefficient (Wildman–Crippen LogP) is 4.54. The number of rotatable bonds is 15. The van der Waals surface area contributed by atoms with Gasteiger partial charge in [0.1, 0.15) is 18.8 Å². The van der Waals surface area contributed by atoms with Gasteiger partial charge in [-0.05, 0) is 56.0 Å². The predicted molar refractivity (Wildman–Crippen MR) is 141 cm³/mol.